The molecule has 0 aliphatic carbocycles. The molecule has 5 nitrogen and oxygen atoms in total. The number of hydrogen-bond acceptors (Lipinski definition) is 3. The van der Waals surface area contributed by atoms with Crippen LogP contribution in [-0.2, 0) is 0 Å². The normalized spacial score (nSPS) is 10.9. The number of nitrogens with zero attached hydrogens (tertiary/aromatic N) is 3. The number of hydrogen-bond donors (Lipinski definition) is 1. The molecule has 20 heavy (non-hydrogen) atoms. The van der Waals surface area contributed by atoms with Crippen molar-refractivity contribution in [3.8, 4) is 11.3 Å². The van der Waals surface area contributed by atoms with Crippen LogP contribution in [0.4, 0.5) is 4.39 Å². The lowest BCUT2D eigenvalue weighted by Crippen LogP contribution is -2.16. The number of aromatic nitrogens is 3. The van der Waals surface area contributed by atoms with Crippen molar-refractivity contribution in [2.75, 3.05) is 0 Å². The van der Waals surface area contributed by atoms with Gasteiger partial charge in [-0.05, 0) is 30.7 Å². The number of rotatable bonds is 2. The molecule has 0 unspecified atom stereocenters. The van der Waals surface area contributed by atoms with Gasteiger partial charge < -0.3 is 5.73 Å². The van der Waals surface area contributed by atoms with Gasteiger partial charge in [-0.2, -0.15) is 5.10 Å². The van der Waals surface area contributed by atoms with Crippen LogP contribution in [-0.4, -0.2) is 20.5 Å². The van der Waals surface area contributed by atoms with Crippen LogP contribution in [0.3, 0.4) is 0 Å². The molecule has 0 aliphatic heterocycles. The monoisotopic (exact) mass is 270 g/mol. The van der Waals surface area contributed by atoms with Crippen LogP contribution in [0.2, 0.25) is 0 Å². The number of primary amides is 1. The summed E-state index contributed by atoms with van der Waals surface area (Å²) in [6, 6.07) is 7.91. The highest BCUT2D eigenvalue weighted by Gasteiger charge is 2.13. The minimum atomic E-state index is -0.659. The van der Waals surface area contributed by atoms with Crippen molar-refractivity contribution >= 4 is 11.4 Å². The molecule has 100 valence electrons. The Labute approximate surface area is 113 Å². The third-order valence-corrected chi connectivity index (χ3v) is 3.04. The molecule has 0 bridgehead atoms. The highest BCUT2D eigenvalue weighted by atomic mass is 19.1. The fraction of sp³-hybridized carbons (Fsp3) is 0.0714. The minimum Gasteiger partial charge on any atom is -0.363 e. The number of fused-ring (bicyclic) bond motifs is 1. The number of nitrogens with two attached hydrogens (primary N) is 1. The van der Waals surface area contributed by atoms with Crippen molar-refractivity contribution in [3.63, 3.8) is 0 Å². The lowest BCUT2D eigenvalue weighted by Gasteiger charge is -2.06. The maximum absolute atomic E-state index is 13.3. The van der Waals surface area contributed by atoms with E-state index >= 15 is 0 Å². The first-order valence-electron chi connectivity index (χ1n) is 5.97. The summed E-state index contributed by atoms with van der Waals surface area (Å²) in [7, 11) is 0. The maximum atomic E-state index is 13.3. The summed E-state index contributed by atoms with van der Waals surface area (Å²) in [4.78, 5) is 15.3. The van der Waals surface area contributed by atoms with Crippen molar-refractivity contribution < 1.29 is 9.18 Å². The number of benzene rings is 1. The molecule has 0 spiro atoms. The van der Waals surface area contributed by atoms with Crippen LogP contribution in [0.5, 0.6) is 0 Å². The Hall–Kier alpha value is -2.76. The summed E-state index contributed by atoms with van der Waals surface area (Å²) in [6.07, 6.45) is 1.54. The van der Waals surface area contributed by atoms with Crippen molar-refractivity contribution in [2.24, 2.45) is 5.73 Å². The lowest BCUT2D eigenvalue weighted by molar-refractivity contribution is 0.0988. The van der Waals surface area contributed by atoms with Gasteiger partial charge in [0.15, 0.2) is 0 Å². The summed E-state index contributed by atoms with van der Waals surface area (Å²) in [6.45, 7) is 1.87. The maximum Gasteiger partial charge on any atom is 0.286 e. The van der Waals surface area contributed by atoms with Gasteiger partial charge in [-0.15, -0.1) is 0 Å². The minimum absolute atomic E-state index is 0.0568. The predicted octanol–water partition coefficient (Wildman–Crippen LogP) is 1.94. The smallest absolute Gasteiger partial charge is 0.286 e. The van der Waals surface area contributed by atoms with Gasteiger partial charge in [0.2, 0.25) is 5.82 Å². The zero-order chi connectivity index (χ0) is 14.3. The van der Waals surface area contributed by atoms with Crippen LogP contribution < -0.4 is 5.73 Å². The Bertz CT molecular complexity index is 825. The molecule has 1 amide bonds. The van der Waals surface area contributed by atoms with Gasteiger partial charge in [0, 0.05) is 5.56 Å². The Morgan fingerprint density at radius 3 is 2.85 bits per heavy atom. The van der Waals surface area contributed by atoms with Gasteiger partial charge in [-0.3, -0.25) is 4.79 Å². The number of halogens is 1. The van der Waals surface area contributed by atoms with E-state index in [9.17, 15) is 9.18 Å². The standard InChI is InChI=1S/C14H11FN4O/c1-8-5-11(9-3-2-4-10(15)6-9)18-19-12(8)7-17-14(19)13(16)20/h2-7H,1H3,(H2,16,20). The third-order valence-electron chi connectivity index (χ3n) is 3.04. The Balaban J connectivity index is 2.27. The number of carbonyl (C=O) groups is 1. The second-order valence-electron chi connectivity index (χ2n) is 4.47. The molecule has 3 rings (SSSR count). The molecular formula is C14H11FN4O. The van der Waals surface area contributed by atoms with Gasteiger partial charge >= 0.3 is 0 Å². The van der Waals surface area contributed by atoms with E-state index in [1.54, 1.807) is 12.1 Å². The van der Waals surface area contributed by atoms with E-state index in [2.05, 4.69) is 10.1 Å². The molecule has 2 aromatic heterocycles. The number of imidazole rings is 1. The van der Waals surface area contributed by atoms with Crippen molar-refractivity contribution in [3.05, 3.63) is 53.7 Å². The largest absolute Gasteiger partial charge is 0.363 e. The molecule has 0 saturated carbocycles. The first-order chi connectivity index (χ1) is 9.56. The summed E-state index contributed by atoms with van der Waals surface area (Å²) in [5, 5.41) is 4.32. The number of carbonyl (C=O) groups excluding carboxylic acids is 1. The molecule has 2 N–H and O–H groups in total. The summed E-state index contributed by atoms with van der Waals surface area (Å²) >= 11 is 0. The van der Waals surface area contributed by atoms with Gasteiger partial charge in [-0.25, -0.2) is 13.9 Å². The van der Waals surface area contributed by atoms with E-state index in [0.29, 0.717) is 16.8 Å². The topological polar surface area (TPSA) is 73.3 Å². The molecule has 0 fully saturated rings. The quantitative estimate of drug-likeness (QED) is 0.773. The molecule has 1 aromatic carbocycles. The van der Waals surface area contributed by atoms with Gasteiger partial charge in [0.05, 0.1) is 17.4 Å². The molecule has 0 saturated heterocycles. The predicted molar refractivity (Wildman–Crippen MR) is 71.6 cm³/mol. The average Bonchev–Trinajstić information content (AvgIpc) is 2.83. The second-order valence-corrected chi connectivity index (χ2v) is 4.47. The van der Waals surface area contributed by atoms with Gasteiger partial charge in [0.25, 0.3) is 5.91 Å². The van der Waals surface area contributed by atoms with Crippen molar-refractivity contribution in [1.29, 1.82) is 0 Å². The molecule has 6 heteroatoms. The fourth-order valence-electron chi connectivity index (χ4n) is 2.09. The second kappa shape index (κ2) is 4.41. The molecule has 3 aromatic rings. The average molecular weight is 270 g/mol. The first kappa shape index (κ1) is 12.3. The summed E-state index contributed by atoms with van der Waals surface area (Å²) < 4.78 is 14.7. The van der Waals surface area contributed by atoms with E-state index in [0.717, 1.165) is 5.56 Å². The first-order valence-corrected chi connectivity index (χ1v) is 5.97. The van der Waals surface area contributed by atoms with E-state index in [1.165, 1.54) is 22.8 Å². The zero-order valence-corrected chi connectivity index (χ0v) is 10.7. The Morgan fingerprint density at radius 2 is 2.15 bits per heavy atom. The van der Waals surface area contributed by atoms with Crippen LogP contribution in [0.1, 0.15) is 16.2 Å². The van der Waals surface area contributed by atoms with E-state index in [4.69, 9.17) is 5.73 Å². The van der Waals surface area contributed by atoms with E-state index in [-0.39, 0.29) is 11.6 Å². The van der Waals surface area contributed by atoms with Crippen LogP contribution in [0, 0.1) is 12.7 Å². The fourth-order valence-corrected chi connectivity index (χ4v) is 2.09. The number of amides is 1. The van der Waals surface area contributed by atoms with Crippen LogP contribution >= 0.6 is 0 Å². The molecule has 0 atom stereocenters. The SMILES string of the molecule is Cc1cc(-c2cccc(F)c2)nn2c(C(N)=O)ncc12. The Kier molecular flexibility index (Phi) is 2.71. The summed E-state index contributed by atoms with van der Waals surface area (Å²) in [5.41, 5.74) is 8.01. The highest BCUT2D eigenvalue weighted by molar-refractivity contribution is 5.90. The molecular weight excluding hydrogens is 259 g/mol. The van der Waals surface area contributed by atoms with Gasteiger partial charge in [0.1, 0.15) is 5.82 Å². The van der Waals surface area contributed by atoms with Crippen LogP contribution in [0.25, 0.3) is 16.8 Å². The van der Waals surface area contributed by atoms with Gasteiger partial charge in [-0.1, -0.05) is 12.1 Å². The Morgan fingerprint density at radius 1 is 1.35 bits per heavy atom. The number of aryl methyl sites for hydroxylation is 1. The summed E-state index contributed by atoms with van der Waals surface area (Å²) in [5.74, 6) is -0.947. The zero-order valence-electron chi connectivity index (χ0n) is 10.7. The lowest BCUT2D eigenvalue weighted by atomic mass is 10.1. The van der Waals surface area contributed by atoms with E-state index < -0.39 is 5.91 Å². The van der Waals surface area contributed by atoms with Crippen molar-refractivity contribution in [1.82, 2.24) is 14.6 Å². The van der Waals surface area contributed by atoms with E-state index in [1.807, 2.05) is 13.0 Å². The molecule has 0 radical (unpaired) electrons. The third kappa shape index (κ3) is 1.91. The molecule has 0 aliphatic rings. The van der Waals surface area contributed by atoms with Crippen molar-refractivity contribution in [2.45, 2.75) is 6.92 Å². The molecule has 2 heterocycles. The highest BCUT2D eigenvalue weighted by Crippen LogP contribution is 2.21. The van der Waals surface area contributed by atoms with Crippen LogP contribution in [0.15, 0.2) is 36.5 Å².